The first kappa shape index (κ1) is 16.2. The zero-order chi connectivity index (χ0) is 16.8. The Hall–Kier alpha value is -1.30. The van der Waals surface area contributed by atoms with Crippen molar-refractivity contribution in [2.75, 3.05) is 0 Å². The predicted octanol–water partition coefficient (Wildman–Crippen LogP) is 4.86. The molecule has 0 saturated heterocycles. The molecule has 1 N–H and O–H groups in total. The van der Waals surface area contributed by atoms with Crippen LogP contribution < -0.4 is 5.32 Å². The van der Waals surface area contributed by atoms with Crippen molar-refractivity contribution in [1.82, 2.24) is 20.3 Å². The van der Waals surface area contributed by atoms with Crippen LogP contribution >= 0.6 is 34.8 Å². The molecule has 2 heterocycles. The second-order valence-corrected chi connectivity index (χ2v) is 7.50. The molecule has 1 aliphatic heterocycles. The molecule has 0 amide bonds. The van der Waals surface area contributed by atoms with E-state index in [0.29, 0.717) is 27.1 Å². The first-order valence-corrected chi connectivity index (χ1v) is 9.08. The van der Waals surface area contributed by atoms with Crippen molar-refractivity contribution in [1.29, 1.82) is 0 Å². The van der Waals surface area contributed by atoms with E-state index >= 15 is 0 Å². The van der Waals surface area contributed by atoms with E-state index in [1.165, 1.54) is 19.3 Å². The predicted molar refractivity (Wildman–Crippen MR) is 96.5 cm³/mol. The first-order valence-electron chi connectivity index (χ1n) is 7.95. The summed E-state index contributed by atoms with van der Waals surface area (Å²) in [5, 5.41) is 13.5. The molecule has 1 aliphatic carbocycles. The Kier molecular flexibility index (Phi) is 4.19. The zero-order valence-electron chi connectivity index (χ0n) is 13.0. The molecule has 24 heavy (non-hydrogen) atoms. The number of nitrogens with zero attached hydrogens (tertiary/aromatic N) is 4. The monoisotopic (exact) mass is 383 g/mol. The van der Waals surface area contributed by atoms with Gasteiger partial charge in [-0.2, -0.15) is 4.99 Å². The fourth-order valence-corrected chi connectivity index (χ4v) is 4.04. The van der Waals surface area contributed by atoms with Crippen molar-refractivity contribution in [3.63, 3.8) is 0 Å². The molecule has 1 fully saturated rings. The van der Waals surface area contributed by atoms with Crippen molar-refractivity contribution >= 4 is 45.9 Å². The maximum Gasteiger partial charge on any atom is 0.198 e. The molecule has 1 unspecified atom stereocenters. The molecule has 4 rings (SSSR count). The van der Waals surface area contributed by atoms with Gasteiger partial charge in [-0.1, -0.05) is 40.9 Å². The Morgan fingerprint density at radius 1 is 1.25 bits per heavy atom. The fraction of sp³-hybridized carbons (Fsp3) is 0.438. The lowest BCUT2D eigenvalue weighted by Gasteiger charge is -2.34. The standard InChI is InChI=1S/C16H16Cl3N5/c1-8(11-6-5-10(17)7-12(11)18)24-15-14(22-23-24)13(9-3-2-4-9)20-16(19)21-15/h5-9,13H,2-4H2,1H3,(H,20,21)/t8-,13?/m1/s1. The van der Waals surface area contributed by atoms with Crippen molar-refractivity contribution < 1.29 is 0 Å². The van der Waals surface area contributed by atoms with Gasteiger partial charge in [-0.05, 0) is 55.0 Å². The number of fused-ring (bicyclic) bond motifs is 1. The Balaban J connectivity index is 1.74. The lowest BCUT2D eigenvalue weighted by Crippen LogP contribution is -2.36. The summed E-state index contributed by atoms with van der Waals surface area (Å²) in [5.74, 6) is 1.24. The average Bonchev–Trinajstić information content (AvgIpc) is 2.88. The van der Waals surface area contributed by atoms with E-state index in [0.717, 1.165) is 11.3 Å². The number of hydrogen-bond donors (Lipinski definition) is 1. The lowest BCUT2D eigenvalue weighted by atomic mass is 9.78. The summed E-state index contributed by atoms with van der Waals surface area (Å²) in [4.78, 5) is 4.43. The lowest BCUT2D eigenvalue weighted by molar-refractivity contribution is 0.245. The third kappa shape index (κ3) is 2.68. The number of amidine groups is 1. The first-order chi connectivity index (χ1) is 11.5. The van der Waals surface area contributed by atoms with E-state index < -0.39 is 0 Å². The Morgan fingerprint density at radius 3 is 2.71 bits per heavy atom. The highest BCUT2D eigenvalue weighted by Crippen LogP contribution is 2.43. The highest BCUT2D eigenvalue weighted by atomic mass is 35.5. The number of nitrogens with one attached hydrogen (secondary N) is 1. The molecular formula is C16H16Cl3N5. The number of aromatic nitrogens is 3. The number of benzene rings is 1. The van der Waals surface area contributed by atoms with Crippen LogP contribution in [0.3, 0.4) is 0 Å². The van der Waals surface area contributed by atoms with Gasteiger partial charge in [0.25, 0.3) is 0 Å². The highest BCUT2D eigenvalue weighted by molar-refractivity contribution is 6.65. The molecule has 2 aliphatic rings. The topological polar surface area (TPSA) is 55.1 Å². The van der Waals surface area contributed by atoms with Gasteiger partial charge < -0.3 is 5.32 Å². The molecule has 8 heteroatoms. The molecule has 2 atom stereocenters. The minimum atomic E-state index is -0.126. The van der Waals surface area contributed by atoms with E-state index in [9.17, 15) is 0 Å². The smallest absolute Gasteiger partial charge is 0.198 e. The van der Waals surface area contributed by atoms with Crippen LogP contribution in [0.25, 0.3) is 0 Å². The highest BCUT2D eigenvalue weighted by Gasteiger charge is 2.36. The van der Waals surface area contributed by atoms with Crippen LogP contribution in [0.2, 0.25) is 10.0 Å². The van der Waals surface area contributed by atoms with Gasteiger partial charge in [-0.25, -0.2) is 4.68 Å². The number of hydrogen-bond acceptors (Lipinski definition) is 4. The van der Waals surface area contributed by atoms with E-state index in [4.69, 9.17) is 34.8 Å². The maximum absolute atomic E-state index is 6.34. The SMILES string of the molecule is C[C@H](c1ccc(Cl)cc1Cl)n1nnc2c1N=C(Cl)NC2C1CCC1. The minimum absolute atomic E-state index is 0.0837. The minimum Gasteiger partial charge on any atom is -0.351 e. The van der Waals surface area contributed by atoms with Crippen molar-refractivity contribution in [3.05, 3.63) is 39.5 Å². The van der Waals surface area contributed by atoms with Crippen LogP contribution in [-0.2, 0) is 0 Å². The van der Waals surface area contributed by atoms with Crippen LogP contribution in [0.1, 0.15) is 49.5 Å². The van der Waals surface area contributed by atoms with Crippen LogP contribution in [0.15, 0.2) is 23.2 Å². The molecule has 2 aromatic rings. The third-order valence-electron chi connectivity index (χ3n) is 4.87. The van der Waals surface area contributed by atoms with Crippen LogP contribution in [0.4, 0.5) is 5.82 Å². The van der Waals surface area contributed by atoms with E-state index in [2.05, 4.69) is 20.6 Å². The molecule has 5 nitrogen and oxygen atoms in total. The maximum atomic E-state index is 6.34. The van der Waals surface area contributed by atoms with E-state index in [-0.39, 0.29) is 12.1 Å². The summed E-state index contributed by atoms with van der Waals surface area (Å²) in [6, 6.07) is 5.41. The largest absolute Gasteiger partial charge is 0.351 e. The summed E-state index contributed by atoms with van der Waals surface area (Å²) in [5.41, 5.74) is 1.78. The molecule has 1 aromatic heterocycles. The summed E-state index contributed by atoms with van der Waals surface area (Å²) in [6.07, 6.45) is 3.59. The Labute approximate surface area is 155 Å². The van der Waals surface area contributed by atoms with Crippen molar-refractivity contribution in [2.45, 2.75) is 38.3 Å². The molecular weight excluding hydrogens is 369 g/mol. The normalized spacial score (nSPS) is 21.5. The average molecular weight is 385 g/mol. The van der Waals surface area contributed by atoms with Crippen LogP contribution in [-0.4, -0.2) is 20.3 Å². The van der Waals surface area contributed by atoms with Crippen LogP contribution in [0.5, 0.6) is 0 Å². The summed E-state index contributed by atoms with van der Waals surface area (Å²) >= 11 is 18.6. The second kappa shape index (κ2) is 6.21. The van der Waals surface area contributed by atoms with E-state index in [1.807, 2.05) is 19.1 Å². The molecule has 126 valence electrons. The van der Waals surface area contributed by atoms with Gasteiger partial charge in [0.05, 0.1) is 12.1 Å². The third-order valence-corrected chi connectivity index (χ3v) is 5.62. The molecule has 1 aromatic carbocycles. The van der Waals surface area contributed by atoms with Crippen molar-refractivity contribution in [3.8, 4) is 0 Å². The quantitative estimate of drug-likeness (QED) is 0.768. The van der Waals surface area contributed by atoms with Gasteiger partial charge in [-0.3, -0.25) is 0 Å². The van der Waals surface area contributed by atoms with E-state index in [1.54, 1.807) is 10.7 Å². The molecule has 0 spiro atoms. The van der Waals surface area contributed by atoms with Gasteiger partial charge in [0.1, 0.15) is 5.69 Å². The van der Waals surface area contributed by atoms with Crippen LogP contribution in [0, 0.1) is 5.92 Å². The number of rotatable bonds is 3. The Morgan fingerprint density at radius 2 is 2.04 bits per heavy atom. The van der Waals surface area contributed by atoms with Gasteiger partial charge >= 0.3 is 0 Å². The fourth-order valence-electron chi connectivity index (χ4n) is 3.28. The summed E-state index contributed by atoms with van der Waals surface area (Å²) in [7, 11) is 0. The molecule has 0 radical (unpaired) electrons. The van der Waals surface area contributed by atoms with Gasteiger partial charge in [0, 0.05) is 10.0 Å². The Bertz CT molecular complexity index is 812. The van der Waals surface area contributed by atoms with Gasteiger partial charge in [0.15, 0.2) is 11.1 Å². The number of aliphatic imine (C=N–C) groups is 1. The summed E-state index contributed by atoms with van der Waals surface area (Å²) in [6.45, 7) is 2.01. The molecule has 1 saturated carbocycles. The second-order valence-electron chi connectivity index (χ2n) is 6.30. The summed E-state index contributed by atoms with van der Waals surface area (Å²) < 4.78 is 1.78. The van der Waals surface area contributed by atoms with Crippen molar-refractivity contribution in [2.24, 2.45) is 10.9 Å². The van der Waals surface area contributed by atoms with Gasteiger partial charge in [0.2, 0.25) is 0 Å². The number of halogens is 3. The van der Waals surface area contributed by atoms with Gasteiger partial charge in [-0.15, -0.1) is 5.10 Å². The molecule has 0 bridgehead atoms. The zero-order valence-corrected chi connectivity index (χ0v) is 15.3.